The molecule has 3 rings (SSSR count). The fourth-order valence-corrected chi connectivity index (χ4v) is 3.07. The summed E-state index contributed by atoms with van der Waals surface area (Å²) in [7, 11) is 0. The molecule has 1 fully saturated rings. The minimum Gasteiger partial charge on any atom is -0.489 e. The number of fused-ring (bicyclic) bond motifs is 3. The number of ether oxygens (including phenoxy) is 1. The minimum absolute atomic E-state index is 0.372. The van der Waals surface area contributed by atoms with Gasteiger partial charge in [-0.3, -0.25) is 0 Å². The van der Waals surface area contributed by atoms with Gasteiger partial charge in [0.25, 0.3) is 0 Å². The van der Waals surface area contributed by atoms with Crippen molar-refractivity contribution in [1.29, 1.82) is 0 Å². The van der Waals surface area contributed by atoms with Gasteiger partial charge in [0, 0.05) is 17.4 Å². The molecule has 0 amide bonds. The Hall–Kier alpha value is -0.980. The second-order valence-electron chi connectivity index (χ2n) is 5.99. The van der Waals surface area contributed by atoms with Gasteiger partial charge in [0.15, 0.2) is 0 Å². The molecule has 1 aromatic carbocycles. The predicted octanol–water partition coefficient (Wildman–Crippen LogP) is 3.52. The first-order chi connectivity index (χ1) is 7.00. The van der Waals surface area contributed by atoms with E-state index in [2.05, 4.69) is 45.9 Å². The fraction of sp³-hybridized carbons (Fsp3) is 0.571. The monoisotopic (exact) mass is 202 g/mol. The van der Waals surface area contributed by atoms with E-state index in [9.17, 15) is 0 Å². The van der Waals surface area contributed by atoms with Crippen LogP contribution in [0.5, 0.6) is 5.75 Å². The van der Waals surface area contributed by atoms with Crippen molar-refractivity contribution in [2.45, 2.75) is 39.7 Å². The van der Waals surface area contributed by atoms with Crippen LogP contribution >= 0.6 is 0 Å². The van der Waals surface area contributed by atoms with Gasteiger partial charge in [0.05, 0.1) is 0 Å². The molecule has 80 valence electrons. The third kappa shape index (κ3) is 1.15. The fourth-order valence-electron chi connectivity index (χ4n) is 3.07. The van der Waals surface area contributed by atoms with Crippen LogP contribution in [-0.2, 0) is 0 Å². The molecule has 3 atom stereocenters. The van der Waals surface area contributed by atoms with Crippen molar-refractivity contribution in [1.82, 2.24) is 0 Å². The highest BCUT2D eigenvalue weighted by molar-refractivity contribution is 5.52. The number of para-hydroxylation sites is 1. The first-order valence-corrected chi connectivity index (χ1v) is 5.76. The van der Waals surface area contributed by atoms with E-state index in [0.29, 0.717) is 23.4 Å². The van der Waals surface area contributed by atoms with Crippen LogP contribution in [0, 0.1) is 18.3 Å². The summed E-state index contributed by atoms with van der Waals surface area (Å²) in [4.78, 5) is 0. The van der Waals surface area contributed by atoms with E-state index in [4.69, 9.17) is 4.74 Å². The van der Waals surface area contributed by atoms with Crippen LogP contribution in [0.2, 0.25) is 0 Å². The maximum Gasteiger partial charge on any atom is 0.126 e. The molecule has 0 bridgehead atoms. The van der Waals surface area contributed by atoms with Crippen molar-refractivity contribution in [3.63, 3.8) is 0 Å². The van der Waals surface area contributed by atoms with Crippen molar-refractivity contribution in [3.8, 4) is 5.75 Å². The predicted molar refractivity (Wildman–Crippen MR) is 61.3 cm³/mol. The van der Waals surface area contributed by atoms with Crippen molar-refractivity contribution >= 4 is 0 Å². The summed E-state index contributed by atoms with van der Waals surface area (Å²) >= 11 is 0. The third-order valence-corrected chi connectivity index (χ3v) is 3.81. The molecule has 15 heavy (non-hydrogen) atoms. The number of aryl methyl sites for hydroxylation is 1. The molecule has 3 unspecified atom stereocenters. The molecule has 0 saturated heterocycles. The minimum atomic E-state index is 0.372. The van der Waals surface area contributed by atoms with Crippen LogP contribution in [-0.4, -0.2) is 6.10 Å². The molecule has 0 N–H and O–H groups in total. The molecule has 0 aromatic heterocycles. The number of hydrogen-bond donors (Lipinski definition) is 0. The Bertz CT molecular complexity index is 414. The second-order valence-corrected chi connectivity index (χ2v) is 5.99. The Labute approximate surface area is 91.5 Å². The normalized spacial score (nSPS) is 31.9. The maximum absolute atomic E-state index is 6.05. The van der Waals surface area contributed by atoms with Gasteiger partial charge in [-0.2, -0.15) is 0 Å². The molecule has 1 aliphatic heterocycles. The van der Waals surface area contributed by atoms with E-state index in [0.717, 1.165) is 5.75 Å². The highest BCUT2D eigenvalue weighted by atomic mass is 16.5. The van der Waals surface area contributed by atoms with Crippen LogP contribution in [0.4, 0.5) is 0 Å². The van der Waals surface area contributed by atoms with Gasteiger partial charge in [0.1, 0.15) is 11.9 Å². The summed E-state index contributed by atoms with van der Waals surface area (Å²) in [6.45, 7) is 9.08. The Morgan fingerprint density at radius 3 is 2.60 bits per heavy atom. The lowest BCUT2D eigenvalue weighted by atomic mass is 9.87. The summed E-state index contributed by atoms with van der Waals surface area (Å²) in [5.74, 6) is 2.54. The lowest BCUT2D eigenvalue weighted by Gasteiger charge is -2.21. The standard InChI is InChI=1S/C14H18O/c1-8-6-5-7-9-10-11(14(2,3)4)13(10)15-12(8)9/h5-7,10-11,13H,1-4H3. The summed E-state index contributed by atoms with van der Waals surface area (Å²) in [6, 6.07) is 6.52. The number of rotatable bonds is 0. The van der Waals surface area contributed by atoms with Crippen molar-refractivity contribution < 1.29 is 4.74 Å². The lowest BCUT2D eigenvalue weighted by Crippen LogP contribution is -2.15. The van der Waals surface area contributed by atoms with Crippen LogP contribution < -0.4 is 4.74 Å². The second kappa shape index (κ2) is 2.58. The maximum atomic E-state index is 6.05. The van der Waals surface area contributed by atoms with Gasteiger partial charge in [-0.15, -0.1) is 0 Å². The van der Waals surface area contributed by atoms with E-state index in [1.54, 1.807) is 0 Å². The smallest absolute Gasteiger partial charge is 0.126 e. The van der Waals surface area contributed by atoms with E-state index in [-0.39, 0.29) is 0 Å². The van der Waals surface area contributed by atoms with E-state index >= 15 is 0 Å². The Balaban J connectivity index is 1.98. The average Bonchev–Trinajstić information content (AvgIpc) is 2.73. The van der Waals surface area contributed by atoms with Gasteiger partial charge in [-0.25, -0.2) is 0 Å². The highest BCUT2D eigenvalue weighted by Gasteiger charge is 2.62. The summed E-state index contributed by atoms with van der Waals surface area (Å²) < 4.78 is 6.05. The van der Waals surface area contributed by atoms with Gasteiger partial charge in [0.2, 0.25) is 0 Å². The Morgan fingerprint density at radius 1 is 1.20 bits per heavy atom. The van der Waals surface area contributed by atoms with Gasteiger partial charge in [-0.05, 0) is 17.9 Å². The number of benzene rings is 1. The van der Waals surface area contributed by atoms with Gasteiger partial charge in [-0.1, -0.05) is 39.0 Å². The zero-order valence-corrected chi connectivity index (χ0v) is 9.87. The summed E-state index contributed by atoms with van der Waals surface area (Å²) in [5, 5.41) is 0. The third-order valence-electron chi connectivity index (χ3n) is 3.81. The molecular weight excluding hydrogens is 184 g/mol. The van der Waals surface area contributed by atoms with Crippen molar-refractivity contribution in [3.05, 3.63) is 29.3 Å². The van der Waals surface area contributed by atoms with Gasteiger partial charge < -0.3 is 4.74 Å². The van der Waals surface area contributed by atoms with Crippen LogP contribution in [0.1, 0.15) is 37.8 Å². The molecule has 1 aliphatic carbocycles. The Kier molecular flexibility index (Phi) is 1.59. The molecule has 1 aromatic rings. The average molecular weight is 202 g/mol. The summed E-state index contributed by atoms with van der Waals surface area (Å²) in [6.07, 6.45) is 0.459. The van der Waals surface area contributed by atoms with E-state index in [1.165, 1.54) is 11.1 Å². The molecule has 2 aliphatic rings. The largest absolute Gasteiger partial charge is 0.489 e. The molecular formula is C14H18O. The van der Waals surface area contributed by atoms with Crippen molar-refractivity contribution in [2.24, 2.45) is 11.3 Å². The molecule has 1 saturated carbocycles. The zero-order chi connectivity index (χ0) is 10.8. The highest BCUT2D eigenvalue weighted by Crippen LogP contribution is 2.64. The summed E-state index contributed by atoms with van der Waals surface area (Å²) in [5.41, 5.74) is 3.10. The quantitative estimate of drug-likeness (QED) is 0.625. The van der Waals surface area contributed by atoms with E-state index < -0.39 is 0 Å². The molecule has 0 spiro atoms. The molecule has 1 heteroatoms. The molecule has 1 nitrogen and oxygen atoms in total. The molecule has 1 heterocycles. The Morgan fingerprint density at radius 2 is 1.93 bits per heavy atom. The lowest BCUT2D eigenvalue weighted by molar-refractivity contribution is 0.229. The topological polar surface area (TPSA) is 9.23 Å². The van der Waals surface area contributed by atoms with Crippen LogP contribution in [0.25, 0.3) is 0 Å². The van der Waals surface area contributed by atoms with Crippen molar-refractivity contribution in [2.75, 3.05) is 0 Å². The van der Waals surface area contributed by atoms with Gasteiger partial charge >= 0.3 is 0 Å². The molecule has 0 radical (unpaired) electrons. The first kappa shape index (κ1) is 9.26. The SMILES string of the molecule is Cc1cccc2c1OC1C2C1C(C)(C)C. The van der Waals surface area contributed by atoms with Crippen LogP contribution in [0.15, 0.2) is 18.2 Å². The number of hydrogen-bond acceptors (Lipinski definition) is 1. The van der Waals surface area contributed by atoms with E-state index in [1.807, 2.05) is 0 Å². The van der Waals surface area contributed by atoms with Crippen LogP contribution in [0.3, 0.4) is 0 Å². The first-order valence-electron chi connectivity index (χ1n) is 5.76. The zero-order valence-electron chi connectivity index (χ0n) is 9.87.